The normalized spacial score (nSPS) is 12.3. The Morgan fingerprint density at radius 2 is 1.69 bits per heavy atom. The number of hydrogen-bond acceptors (Lipinski definition) is 4. The molecule has 6 heteroatoms. The minimum atomic E-state index is 0. The van der Waals surface area contributed by atoms with Gasteiger partial charge in [-0.05, 0) is 42.2 Å². The number of hydrogen-bond donors (Lipinski definition) is 0. The van der Waals surface area contributed by atoms with Gasteiger partial charge in [-0.2, -0.15) is 0 Å². The number of nitrogens with zero attached hydrogens (tertiary/aromatic N) is 3. The smallest absolute Gasteiger partial charge is 0.870 e. The Hall–Kier alpha value is -1.02. The minimum Gasteiger partial charge on any atom is -0.870 e. The largest absolute Gasteiger partial charge is 2.00 e. The monoisotopic (exact) mass is 467 g/mol. The SMILES string of the molecule is CCCC(C)c1cc(C(C)(C)C)nc2ccn3c4ccccc4nc3c12.[OH-].[OH-].[Sr+2]. The first-order valence-electron chi connectivity index (χ1n) is 9.61. The fourth-order valence-corrected chi connectivity index (χ4v) is 3.83. The molecule has 150 valence electrons. The van der Waals surface area contributed by atoms with E-state index in [1.54, 1.807) is 0 Å². The maximum Gasteiger partial charge on any atom is 2.00 e. The Kier molecular flexibility index (Phi) is 8.84. The van der Waals surface area contributed by atoms with E-state index in [1.807, 2.05) is 6.07 Å². The van der Waals surface area contributed by atoms with Gasteiger partial charge in [0.05, 0.1) is 16.6 Å². The van der Waals surface area contributed by atoms with Crippen LogP contribution in [0.1, 0.15) is 64.6 Å². The number of aromatic nitrogens is 3. The van der Waals surface area contributed by atoms with Gasteiger partial charge in [-0.25, -0.2) is 4.98 Å². The molecule has 4 aromatic rings. The minimum absolute atomic E-state index is 0. The molecule has 0 spiro atoms. The van der Waals surface area contributed by atoms with E-state index in [4.69, 9.17) is 9.97 Å². The van der Waals surface area contributed by atoms with Crippen molar-refractivity contribution >= 4 is 73.1 Å². The number of imidazole rings is 1. The Balaban J connectivity index is 0.00000140. The molecule has 5 nitrogen and oxygen atoms in total. The van der Waals surface area contributed by atoms with Crippen LogP contribution >= 0.6 is 0 Å². The molecule has 0 aliphatic rings. The van der Waals surface area contributed by atoms with E-state index in [1.165, 1.54) is 23.8 Å². The van der Waals surface area contributed by atoms with Gasteiger partial charge in [0, 0.05) is 22.7 Å². The van der Waals surface area contributed by atoms with Crippen molar-refractivity contribution in [2.75, 3.05) is 0 Å². The summed E-state index contributed by atoms with van der Waals surface area (Å²) in [5.74, 6) is 0.484. The molecule has 3 aromatic heterocycles. The van der Waals surface area contributed by atoms with Crippen LogP contribution in [0.2, 0.25) is 0 Å². The van der Waals surface area contributed by atoms with Crippen molar-refractivity contribution in [1.29, 1.82) is 0 Å². The summed E-state index contributed by atoms with van der Waals surface area (Å²) in [4.78, 5) is 9.98. The van der Waals surface area contributed by atoms with Crippen molar-refractivity contribution in [2.45, 2.75) is 58.8 Å². The van der Waals surface area contributed by atoms with Gasteiger partial charge in [-0.1, -0.05) is 53.2 Å². The fraction of sp³-hybridized carbons (Fsp3) is 0.391. The number of para-hydroxylation sites is 2. The van der Waals surface area contributed by atoms with Gasteiger partial charge < -0.3 is 11.0 Å². The van der Waals surface area contributed by atoms with Gasteiger partial charge in [0.2, 0.25) is 0 Å². The first kappa shape index (κ1) is 26.0. The molecule has 0 saturated carbocycles. The van der Waals surface area contributed by atoms with Crippen LogP contribution in [0, 0.1) is 0 Å². The summed E-state index contributed by atoms with van der Waals surface area (Å²) in [6.07, 6.45) is 4.46. The molecule has 29 heavy (non-hydrogen) atoms. The molecule has 0 saturated heterocycles. The van der Waals surface area contributed by atoms with E-state index < -0.39 is 0 Å². The summed E-state index contributed by atoms with van der Waals surface area (Å²) < 4.78 is 2.21. The molecule has 0 aliphatic carbocycles. The standard InChI is InChI=1S/C23H27N3.2H2O.Sr/c1-6-9-15(2)16-14-20(23(3,4)5)24-18-12-13-26-19-11-8-7-10-17(19)25-22(26)21(16)18;;;/h7-8,10-15H,6,9H2,1-5H3;2*1H2;/q;;;+2/p-2. The van der Waals surface area contributed by atoms with Gasteiger partial charge >= 0.3 is 45.5 Å². The second-order valence-corrected chi connectivity index (χ2v) is 8.41. The zero-order valence-corrected chi connectivity index (χ0v) is 21.5. The quantitative estimate of drug-likeness (QED) is 0.372. The van der Waals surface area contributed by atoms with Crippen LogP contribution in [0.5, 0.6) is 0 Å². The summed E-state index contributed by atoms with van der Waals surface area (Å²) in [5.41, 5.74) is 6.83. The second kappa shape index (κ2) is 9.86. The van der Waals surface area contributed by atoms with Crippen molar-refractivity contribution in [2.24, 2.45) is 0 Å². The van der Waals surface area contributed by atoms with Crippen molar-refractivity contribution in [1.82, 2.24) is 14.4 Å². The van der Waals surface area contributed by atoms with E-state index in [0.29, 0.717) is 5.92 Å². The van der Waals surface area contributed by atoms with Crippen molar-refractivity contribution in [3.05, 3.63) is 53.9 Å². The third-order valence-corrected chi connectivity index (χ3v) is 5.30. The third kappa shape index (κ3) is 4.68. The van der Waals surface area contributed by atoms with Crippen molar-refractivity contribution in [3.63, 3.8) is 0 Å². The summed E-state index contributed by atoms with van der Waals surface area (Å²) >= 11 is 0. The van der Waals surface area contributed by atoms with Gasteiger partial charge in [0.15, 0.2) is 0 Å². The van der Waals surface area contributed by atoms with Gasteiger partial charge in [0.25, 0.3) is 0 Å². The zero-order valence-electron chi connectivity index (χ0n) is 18.0. The van der Waals surface area contributed by atoms with Gasteiger partial charge in [-0.3, -0.25) is 9.38 Å². The maximum absolute atomic E-state index is 5.02. The summed E-state index contributed by atoms with van der Waals surface area (Å²) in [5, 5.41) is 1.21. The first-order chi connectivity index (χ1) is 12.4. The molecule has 1 aromatic carbocycles. The van der Waals surface area contributed by atoms with Gasteiger partial charge in [-0.15, -0.1) is 0 Å². The topological polar surface area (TPSA) is 90.2 Å². The van der Waals surface area contributed by atoms with Crippen LogP contribution in [0.25, 0.3) is 27.6 Å². The first-order valence-corrected chi connectivity index (χ1v) is 9.61. The van der Waals surface area contributed by atoms with E-state index in [2.05, 4.69) is 75.5 Å². The average Bonchev–Trinajstić information content (AvgIpc) is 2.99. The van der Waals surface area contributed by atoms with Crippen LogP contribution in [-0.2, 0) is 5.41 Å². The summed E-state index contributed by atoms with van der Waals surface area (Å²) in [6, 6.07) is 12.8. The van der Waals surface area contributed by atoms with Crippen molar-refractivity contribution < 1.29 is 11.0 Å². The maximum atomic E-state index is 5.02. The zero-order chi connectivity index (χ0) is 18.5. The number of fused-ring (bicyclic) bond motifs is 5. The fourth-order valence-electron chi connectivity index (χ4n) is 3.83. The molecular weight excluding hydrogens is 438 g/mol. The molecule has 0 bridgehead atoms. The molecule has 1 unspecified atom stereocenters. The van der Waals surface area contributed by atoms with Crippen LogP contribution in [0.3, 0.4) is 0 Å². The van der Waals surface area contributed by atoms with Crippen LogP contribution < -0.4 is 0 Å². The Bertz CT molecular complexity index is 1120. The molecule has 1 atom stereocenters. The number of rotatable bonds is 3. The predicted molar refractivity (Wildman–Crippen MR) is 120 cm³/mol. The van der Waals surface area contributed by atoms with Crippen LogP contribution in [0.15, 0.2) is 42.6 Å². The number of benzene rings is 1. The van der Waals surface area contributed by atoms with Crippen LogP contribution in [0.4, 0.5) is 0 Å². The molecule has 0 radical (unpaired) electrons. The molecule has 2 N–H and O–H groups in total. The van der Waals surface area contributed by atoms with Crippen LogP contribution in [-0.4, -0.2) is 70.8 Å². The van der Waals surface area contributed by atoms with Crippen molar-refractivity contribution in [3.8, 4) is 0 Å². The molecule has 3 heterocycles. The molecular formula is C23H29N3O2Sr. The van der Waals surface area contributed by atoms with E-state index >= 15 is 0 Å². The Morgan fingerprint density at radius 3 is 2.34 bits per heavy atom. The molecule has 4 rings (SSSR count). The number of pyridine rings is 2. The molecule has 0 fully saturated rings. The summed E-state index contributed by atoms with van der Waals surface area (Å²) in [6.45, 7) is 11.3. The van der Waals surface area contributed by atoms with Gasteiger partial charge in [0.1, 0.15) is 5.65 Å². The molecule has 0 amide bonds. The third-order valence-electron chi connectivity index (χ3n) is 5.30. The van der Waals surface area contributed by atoms with E-state index in [0.717, 1.165) is 27.9 Å². The average molecular weight is 467 g/mol. The molecule has 0 aliphatic heterocycles. The Labute approximate surface area is 209 Å². The van der Waals surface area contributed by atoms with E-state index in [-0.39, 0.29) is 61.8 Å². The Morgan fingerprint density at radius 1 is 1.00 bits per heavy atom. The predicted octanol–water partition coefficient (Wildman–Crippen LogP) is 5.50. The summed E-state index contributed by atoms with van der Waals surface area (Å²) in [7, 11) is 0. The van der Waals surface area contributed by atoms with E-state index in [9.17, 15) is 0 Å². The second-order valence-electron chi connectivity index (χ2n) is 8.41.